The van der Waals surface area contributed by atoms with Crippen LogP contribution in [-0.4, -0.2) is 36.8 Å². The molecule has 0 atom stereocenters. The summed E-state index contributed by atoms with van der Waals surface area (Å²) < 4.78 is 10.9. The van der Waals surface area contributed by atoms with Crippen LogP contribution < -0.4 is 9.47 Å². The highest BCUT2D eigenvalue weighted by atomic mass is 32.2. The minimum Gasteiger partial charge on any atom is -0.493 e. The summed E-state index contributed by atoms with van der Waals surface area (Å²) in [5, 5.41) is 8.60. The molecule has 0 aliphatic heterocycles. The Morgan fingerprint density at radius 1 is 1.42 bits per heavy atom. The molecule has 0 bridgehead atoms. The molecule has 5 heteroatoms. The second-order valence-electron chi connectivity index (χ2n) is 3.78. The molecule has 4 nitrogen and oxygen atoms in total. The monoisotopic (exact) mass is 282 g/mol. The molecule has 0 radical (unpaired) electrons. The molecule has 0 heterocycles. The van der Waals surface area contributed by atoms with Crippen molar-refractivity contribution in [2.45, 2.75) is 6.42 Å². The van der Waals surface area contributed by atoms with Gasteiger partial charge in [-0.3, -0.25) is 0 Å². The summed E-state index contributed by atoms with van der Waals surface area (Å²) in [5.74, 6) is 1.35. The van der Waals surface area contributed by atoms with Gasteiger partial charge < -0.3 is 14.6 Å². The molecule has 0 aliphatic rings. The van der Waals surface area contributed by atoms with Crippen LogP contribution in [0.1, 0.15) is 12.0 Å². The van der Waals surface area contributed by atoms with E-state index in [1.165, 1.54) is 6.08 Å². The van der Waals surface area contributed by atoms with Crippen molar-refractivity contribution < 1.29 is 19.4 Å². The normalized spacial score (nSPS) is 10.6. The van der Waals surface area contributed by atoms with Crippen molar-refractivity contribution >= 4 is 23.8 Å². The fourth-order valence-electron chi connectivity index (χ4n) is 1.46. The largest absolute Gasteiger partial charge is 0.493 e. The van der Waals surface area contributed by atoms with Crippen molar-refractivity contribution in [3.8, 4) is 11.5 Å². The van der Waals surface area contributed by atoms with E-state index in [1.807, 2.05) is 0 Å². The number of hydrogen-bond donors (Lipinski definition) is 1. The lowest BCUT2D eigenvalue weighted by atomic mass is 10.2. The predicted octanol–water partition coefficient (Wildman–Crippen LogP) is 2.92. The number of thioether (sulfide) groups is 1. The zero-order chi connectivity index (χ0) is 14.1. The van der Waals surface area contributed by atoms with Crippen LogP contribution in [0.2, 0.25) is 0 Å². The molecular formula is C14H18O4S. The van der Waals surface area contributed by atoms with Crippen molar-refractivity contribution in [2.75, 3.05) is 25.7 Å². The van der Waals surface area contributed by atoms with Gasteiger partial charge in [0.05, 0.1) is 13.7 Å². The Bertz CT molecular complexity index is 443. The Kier molecular flexibility index (Phi) is 6.89. The molecule has 19 heavy (non-hydrogen) atoms. The van der Waals surface area contributed by atoms with Gasteiger partial charge in [-0.1, -0.05) is 6.07 Å². The van der Waals surface area contributed by atoms with Gasteiger partial charge in [0.25, 0.3) is 0 Å². The van der Waals surface area contributed by atoms with E-state index < -0.39 is 5.97 Å². The lowest BCUT2D eigenvalue weighted by Gasteiger charge is -2.11. The van der Waals surface area contributed by atoms with Crippen molar-refractivity contribution in [1.29, 1.82) is 0 Å². The van der Waals surface area contributed by atoms with Gasteiger partial charge in [-0.2, -0.15) is 11.8 Å². The lowest BCUT2D eigenvalue weighted by Crippen LogP contribution is -2.00. The first kappa shape index (κ1) is 15.4. The molecule has 104 valence electrons. The SMILES string of the molecule is COc1ccc(/C=C/C(=O)O)cc1OCCCSC. The van der Waals surface area contributed by atoms with E-state index >= 15 is 0 Å². The second-order valence-corrected chi connectivity index (χ2v) is 4.76. The van der Waals surface area contributed by atoms with Gasteiger partial charge in [0.2, 0.25) is 0 Å². The number of benzene rings is 1. The van der Waals surface area contributed by atoms with Crippen LogP contribution in [0.5, 0.6) is 11.5 Å². The van der Waals surface area contributed by atoms with E-state index in [9.17, 15) is 4.79 Å². The summed E-state index contributed by atoms with van der Waals surface area (Å²) >= 11 is 1.77. The van der Waals surface area contributed by atoms with Gasteiger partial charge >= 0.3 is 5.97 Å². The first-order valence-corrected chi connectivity index (χ1v) is 7.27. The number of carboxylic acids is 1. The molecule has 1 N–H and O–H groups in total. The quantitative estimate of drug-likeness (QED) is 0.587. The summed E-state index contributed by atoms with van der Waals surface area (Å²) in [6, 6.07) is 5.33. The van der Waals surface area contributed by atoms with Gasteiger partial charge in [0, 0.05) is 6.08 Å². The van der Waals surface area contributed by atoms with E-state index in [0.29, 0.717) is 18.1 Å². The average Bonchev–Trinajstić information content (AvgIpc) is 2.41. The highest BCUT2D eigenvalue weighted by Crippen LogP contribution is 2.28. The van der Waals surface area contributed by atoms with E-state index in [-0.39, 0.29) is 0 Å². The minimum absolute atomic E-state index is 0.614. The van der Waals surface area contributed by atoms with Gasteiger partial charge in [-0.25, -0.2) is 4.79 Å². The van der Waals surface area contributed by atoms with E-state index in [1.54, 1.807) is 37.1 Å². The van der Waals surface area contributed by atoms with Crippen LogP contribution in [0.15, 0.2) is 24.3 Å². The smallest absolute Gasteiger partial charge is 0.328 e. The van der Waals surface area contributed by atoms with Crippen LogP contribution in [0.3, 0.4) is 0 Å². The van der Waals surface area contributed by atoms with Crippen LogP contribution >= 0.6 is 11.8 Å². The molecule has 0 unspecified atom stereocenters. The summed E-state index contributed by atoms with van der Waals surface area (Å²) in [6.07, 6.45) is 5.63. The standard InChI is InChI=1S/C14H18O4S/c1-17-12-6-4-11(5-7-14(15)16)10-13(12)18-8-3-9-19-2/h4-7,10H,3,8-9H2,1-2H3,(H,15,16)/b7-5+. The lowest BCUT2D eigenvalue weighted by molar-refractivity contribution is -0.131. The van der Waals surface area contributed by atoms with Gasteiger partial charge in [-0.05, 0) is 42.2 Å². The first-order chi connectivity index (χ1) is 9.17. The third kappa shape index (κ3) is 5.70. The third-order valence-corrected chi connectivity index (χ3v) is 3.05. The van der Waals surface area contributed by atoms with Crippen LogP contribution in [0, 0.1) is 0 Å². The number of carbonyl (C=O) groups is 1. The Morgan fingerprint density at radius 2 is 2.21 bits per heavy atom. The number of aliphatic carboxylic acids is 1. The summed E-state index contributed by atoms with van der Waals surface area (Å²) in [5.41, 5.74) is 0.767. The number of carboxylic acid groups (broad SMARTS) is 1. The zero-order valence-electron chi connectivity index (χ0n) is 11.1. The number of hydrogen-bond acceptors (Lipinski definition) is 4. The number of ether oxygens (including phenoxy) is 2. The van der Waals surface area contributed by atoms with Crippen LogP contribution in [0.4, 0.5) is 0 Å². The molecule has 1 aromatic rings. The van der Waals surface area contributed by atoms with Crippen molar-refractivity contribution in [1.82, 2.24) is 0 Å². The molecule has 0 fully saturated rings. The molecule has 0 aromatic heterocycles. The van der Waals surface area contributed by atoms with Crippen molar-refractivity contribution in [2.24, 2.45) is 0 Å². The van der Waals surface area contributed by atoms with E-state index in [4.69, 9.17) is 14.6 Å². The molecular weight excluding hydrogens is 264 g/mol. The molecule has 0 saturated heterocycles. The summed E-state index contributed by atoms with van der Waals surface area (Å²) in [7, 11) is 1.58. The second kappa shape index (κ2) is 8.48. The molecule has 0 saturated carbocycles. The molecule has 0 amide bonds. The van der Waals surface area contributed by atoms with Gasteiger partial charge in [0.15, 0.2) is 11.5 Å². The fraction of sp³-hybridized carbons (Fsp3) is 0.357. The maximum absolute atomic E-state index is 10.5. The molecule has 0 aliphatic carbocycles. The Labute approximate surface area is 117 Å². The first-order valence-electron chi connectivity index (χ1n) is 5.88. The van der Waals surface area contributed by atoms with E-state index in [2.05, 4.69) is 6.26 Å². The van der Waals surface area contributed by atoms with E-state index in [0.717, 1.165) is 23.8 Å². The van der Waals surface area contributed by atoms with Crippen LogP contribution in [0.25, 0.3) is 6.08 Å². The molecule has 1 rings (SSSR count). The molecule has 0 spiro atoms. The average molecular weight is 282 g/mol. The number of methoxy groups -OCH3 is 1. The highest BCUT2D eigenvalue weighted by molar-refractivity contribution is 7.98. The Morgan fingerprint density at radius 3 is 2.84 bits per heavy atom. The zero-order valence-corrected chi connectivity index (χ0v) is 11.9. The predicted molar refractivity (Wildman–Crippen MR) is 78.2 cm³/mol. The highest BCUT2D eigenvalue weighted by Gasteiger charge is 2.04. The summed E-state index contributed by atoms with van der Waals surface area (Å²) in [6.45, 7) is 0.614. The van der Waals surface area contributed by atoms with Gasteiger partial charge in [-0.15, -0.1) is 0 Å². The van der Waals surface area contributed by atoms with Crippen molar-refractivity contribution in [3.05, 3.63) is 29.8 Å². The Balaban J connectivity index is 2.75. The third-order valence-electron chi connectivity index (χ3n) is 2.36. The van der Waals surface area contributed by atoms with Crippen molar-refractivity contribution in [3.63, 3.8) is 0 Å². The maximum Gasteiger partial charge on any atom is 0.328 e. The molecule has 1 aromatic carbocycles. The number of rotatable bonds is 8. The fourth-order valence-corrected chi connectivity index (χ4v) is 1.87. The van der Waals surface area contributed by atoms with Gasteiger partial charge in [0.1, 0.15) is 0 Å². The summed E-state index contributed by atoms with van der Waals surface area (Å²) in [4.78, 5) is 10.5. The van der Waals surface area contributed by atoms with Crippen LogP contribution in [-0.2, 0) is 4.79 Å². The maximum atomic E-state index is 10.5. The Hall–Kier alpha value is -1.62. The minimum atomic E-state index is -0.974. The topological polar surface area (TPSA) is 55.8 Å².